The second kappa shape index (κ2) is 5.48. The third-order valence-electron chi connectivity index (χ3n) is 4.24. The van der Waals surface area contributed by atoms with E-state index in [-0.39, 0.29) is 24.4 Å². The van der Waals surface area contributed by atoms with Gasteiger partial charge in [0, 0.05) is 18.3 Å². The van der Waals surface area contributed by atoms with Crippen LogP contribution < -0.4 is 15.5 Å². The quantitative estimate of drug-likeness (QED) is 0.814. The van der Waals surface area contributed by atoms with Crippen molar-refractivity contribution in [2.75, 3.05) is 11.4 Å². The molecule has 0 radical (unpaired) electrons. The Hall–Kier alpha value is -1.88. The number of benzene rings is 1. The van der Waals surface area contributed by atoms with Crippen molar-refractivity contribution in [1.29, 1.82) is 0 Å². The Morgan fingerprint density at radius 1 is 1.33 bits per heavy atom. The Balaban J connectivity index is 1.76. The fourth-order valence-corrected chi connectivity index (χ4v) is 2.63. The third-order valence-corrected chi connectivity index (χ3v) is 4.24. The first-order valence-corrected chi connectivity index (χ1v) is 7.48. The molecule has 0 aromatic heterocycles. The molecule has 1 saturated heterocycles. The molecule has 0 spiro atoms. The highest BCUT2D eigenvalue weighted by Crippen LogP contribution is 2.24. The molecule has 1 aromatic carbocycles. The summed E-state index contributed by atoms with van der Waals surface area (Å²) in [4.78, 5) is 25.1. The zero-order valence-corrected chi connectivity index (χ0v) is 12.5. The van der Waals surface area contributed by atoms with Crippen LogP contribution in [-0.2, 0) is 16.1 Å². The average molecular weight is 287 g/mol. The lowest BCUT2D eigenvalue weighted by Gasteiger charge is -2.33. The minimum Gasteiger partial charge on any atom is -0.350 e. The van der Waals surface area contributed by atoms with Crippen molar-refractivity contribution in [2.24, 2.45) is 0 Å². The van der Waals surface area contributed by atoms with Crippen LogP contribution in [0, 0.1) is 6.92 Å². The first kappa shape index (κ1) is 14.1. The molecule has 1 unspecified atom stereocenters. The van der Waals surface area contributed by atoms with Crippen LogP contribution >= 0.6 is 0 Å². The van der Waals surface area contributed by atoms with Crippen molar-refractivity contribution >= 4 is 17.5 Å². The summed E-state index contributed by atoms with van der Waals surface area (Å²) in [7, 11) is 0. The number of carbonyl (C=O) groups excluding carboxylic acids is 2. The number of carbonyl (C=O) groups is 2. The number of imide groups is 1. The van der Waals surface area contributed by atoms with Gasteiger partial charge in [0.05, 0.1) is 6.54 Å². The van der Waals surface area contributed by atoms with E-state index in [2.05, 4.69) is 29.7 Å². The van der Waals surface area contributed by atoms with Crippen LogP contribution in [0.5, 0.6) is 0 Å². The van der Waals surface area contributed by atoms with Crippen molar-refractivity contribution in [3.63, 3.8) is 0 Å². The summed E-state index contributed by atoms with van der Waals surface area (Å²) in [6, 6.07) is 6.51. The predicted octanol–water partition coefficient (Wildman–Crippen LogP) is 1.10. The van der Waals surface area contributed by atoms with E-state index in [0.717, 1.165) is 12.2 Å². The molecule has 1 aliphatic carbocycles. The predicted molar refractivity (Wildman–Crippen MR) is 81.0 cm³/mol. The normalized spacial score (nSPS) is 22.4. The minimum absolute atomic E-state index is 0.228. The SMILES string of the molecule is Cc1cc(N2CC(=O)NC(=O)C2C)ccc1CNC1CC1. The number of hydrogen-bond donors (Lipinski definition) is 2. The molecule has 1 saturated carbocycles. The standard InChI is InChI=1S/C16H21N3O2/c1-10-7-14(6-3-12(10)8-17-13-4-5-13)19-9-15(20)18-16(21)11(19)2/h3,6-7,11,13,17H,4-5,8-9H2,1-2H3,(H,18,20,21). The number of nitrogens with zero attached hydrogens (tertiary/aromatic N) is 1. The molecule has 5 nitrogen and oxygen atoms in total. The van der Waals surface area contributed by atoms with Crippen LogP contribution in [0.2, 0.25) is 0 Å². The largest absolute Gasteiger partial charge is 0.350 e. The van der Waals surface area contributed by atoms with Crippen LogP contribution in [0.4, 0.5) is 5.69 Å². The van der Waals surface area contributed by atoms with E-state index in [1.165, 1.54) is 24.0 Å². The number of rotatable bonds is 4. The molecule has 1 heterocycles. The summed E-state index contributed by atoms with van der Waals surface area (Å²) >= 11 is 0. The van der Waals surface area contributed by atoms with Crippen LogP contribution in [0.3, 0.4) is 0 Å². The van der Waals surface area contributed by atoms with Gasteiger partial charge in [0.1, 0.15) is 6.04 Å². The van der Waals surface area contributed by atoms with Crippen LogP contribution in [-0.4, -0.2) is 30.4 Å². The first-order chi connectivity index (χ1) is 10.0. The molecule has 5 heteroatoms. The molecule has 2 aliphatic rings. The highest BCUT2D eigenvalue weighted by Gasteiger charge is 2.30. The summed E-state index contributed by atoms with van der Waals surface area (Å²) in [5.41, 5.74) is 3.38. The van der Waals surface area contributed by atoms with Gasteiger partial charge in [-0.05, 0) is 49.9 Å². The van der Waals surface area contributed by atoms with Crippen LogP contribution in [0.25, 0.3) is 0 Å². The van der Waals surface area contributed by atoms with Crippen molar-refractivity contribution in [3.8, 4) is 0 Å². The smallest absolute Gasteiger partial charge is 0.249 e. The number of anilines is 1. The number of aryl methyl sites for hydroxylation is 1. The molecule has 2 amide bonds. The highest BCUT2D eigenvalue weighted by atomic mass is 16.2. The number of amides is 2. The number of piperazine rings is 1. The van der Waals surface area contributed by atoms with Gasteiger partial charge in [-0.2, -0.15) is 0 Å². The Labute approximate surface area is 124 Å². The summed E-state index contributed by atoms with van der Waals surface area (Å²) in [5, 5.41) is 5.87. The van der Waals surface area contributed by atoms with Gasteiger partial charge in [-0.25, -0.2) is 0 Å². The molecular weight excluding hydrogens is 266 g/mol. The van der Waals surface area contributed by atoms with Crippen molar-refractivity contribution in [1.82, 2.24) is 10.6 Å². The fraction of sp³-hybridized carbons (Fsp3) is 0.500. The number of nitrogens with one attached hydrogen (secondary N) is 2. The van der Waals surface area contributed by atoms with E-state index >= 15 is 0 Å². The molecule has 1 aliphatic heterocycles. The Bertz CT molecular complexity index is 581. The van der Waals surface area contributed by atoms with E-state index < -0.39 is 0 Å². The van der Waals surface area contributed by atoms with Gasteiger partial charge in [0.25, 0.3) is 0 Å². The van der Waals surface area contributed by atoms with E-state index in [9.17, 15) is 9.59 Å². The second-order valence-corrected chi connectivity index (χ2v) is 5.98. The fourth-order valence-electron chi connectivity index (χ4n) is 2.63. The van der Waals surface area contributed by atoms with E-state index in [1.807, 2.05) is 17.9 Å². The summed E-state index contributed by atoms with van der Waals surface area (Å²) in [5.74, 6) is -0.474. The van der Waals surface area contributed by atoms with Crippen molar-refractivity contribution in [2.45, 2.75) is 45.3 Å². The van der Waals surface area contributed by atoms with Gasteiger partial charge in [-0.1, -0.05) is 6.07 Å². The Kier molecular flexibility index (Phi) is 3.68. The van der Waals surface area contributed by atoms with E-state index in [1.54, 1.807) is 0 Å². The van der Waals surface area contributed by atoms with Gasteiger partial charge in [0.2, 0.25) is 11.8 Å². The molecule has 3 rings (SSSR count). The molecule has 1 aromatic rings. The molecule has 2 N–H and O–H groups in total. The molecule has 112 valence electrons. The van der Waals surface area contributed by atoms with Gasteiger partial charge in [-0.15, -0.1) is 0 Å². The highest BCUT2D eigenvalue weighted by molar-refractivity contribution is 6.04. The first-order valence-electron chi connectivity index (χ1n) is 7.48. The summed E-state index contributed by atoms with van der Waals surface area (Å²) < 4.78 is 0. The topological polar surface area (TPSA) is 61.4 Å². The summed E-state index contributed by atoms with van der Waals surface area (Å²) in [6.45, 7) is 5.00. The minimum atomic E-state index is -0.322. The second-order valence-electron chi connectivity index (χ2n) is 5.98. The lowest BCUT2D eigenvalue weighted by atomic mass is 10.1. The van der Waals surface area contributed by atoms with Gasteiger partial charge in [0.15, 0.2) is 0 Å². The molecular formula is C16H21N3O2. The maximum Gasteiger partial charge on any atom is 0.249 e. The lowest BCUT2D eigenvalue weighted by molar-refractivity contribution is -0.132. The van der Waals surface area contributed by atoms with E-state index in [4.69, 9.17) is 0 Å². The lowest BCUT2D eigenvalue weighted by Crippen LogP contribution is -2.57. The molecule has 21 heavy (non-hydrogen) atoms. The van der Waals surface area contributed by atoms with Crippen LogP contribution in [0.1, 0.15) is 30.9 Å². The van der Waals surface area contributed by atoms with Crippen molar-refractivity contribution in [3.05, 3.63) is 29.3 Å². The molecule has 1 atom stereocenters. The Morgan fingerprint density at radius 2 is 2.10 bits per heavy atom. The zero-order valence-electron chi connectivity index (χ0n) is 12.5. The maximum absolute atomic E-state index is 11.7. The number of hydrogen-bond acceptors (Lipinski definition) is 4. The van der Waals surface area contributed by atoms with Gasteiger partial charge < -0.3 is 10.2 Å². The van der Waals surface area contributed by atoms with E-state index in [0.29, 0.717) is 6.04 Å². The molecule has 2 fully saturated rings. The average Bonchev–Trinajstić information content (AvgIpc) is 3.25. The monoisotopic (exact) mass is 287 g/mol. The van der Waals surface area contributed by atoms with Crippen LogP contribution in [0.15, 0.2) is 18.2 Å². The van der Waals surface area contributed by atoms with Gasteiger partial charge >= 0.3 is 0 Å². The third kappa shape index (κ3) is 3.08. The maximum atomic E-state index is 11.7. The zero-order chi connectivity index (χ0) is 15.0. The van der Waals surface area contributed by atoms with Gasteiger partial charge in [-0.3, -0.25) is 14.9 Å². The Morgan fingerprint density at radius 3 is 2.76 bits per heavy atom. The molecule has 0 bridgehead atoms. The van der Waals surface area contributed by atoms with Crippen molar-refractivity contribution < 1.29 is 9.59 Å². The summed E-state index contributed by atoms with van der Waals surface area (Å²) in [6.07, 6.45) is 2.55.